The van der Waals surface area contributed by atoms with Gasteiger partial charge in [0.15, 0.2) is 0 Å². The molecule has 1 saturated heterocycles. The normalized spacial score (nSPS) is 28.9. The Morgan fingerprint density at radius 3 is 2.65 bits per heavy atom. The number of nitrogens with one attached hydrogen (secondary N) is 2. The Bertz CT molecular complexity index is 383. The molecule has 4 nitrogen and oxygen atoms in total. The lowest BCUT2D eigenvalue weighted by molar-refractivity contribution is 0.334. The lowest BCUT2D eigenvalue weighted by Crippen LogP contribution is -2.40. The van der Waals surface area contributed by atoms with Crippen molar-refractivity contribution in [2.45, 2.75) is 18.1 Å². The molecule has 4 N–H and O–H groups in total. The van der Waals surface area contributed by atoms with Gasteiger partial charge in [-0.15, -0.1) is 0 Å². The molecule has 3 atom stereocenters. The first-order valence-corrected chi connectivity index (χ1v) is 5.75. The van der Waals surface area contributed by atoms with Crippen molar-refractivity contribution in [1.82, 2.24) is 15.8 Å². The van der Waals surface area contributed by atoms with Crippen molar-refractivity contribution in [2.24, 2.45) is 5.73 Å². The fourth-order valence-electron chi connectivity index (χ4n) is 2.34. The highest BCUT2D eigenvalue weighted by molar-refractivity contribution is 5.26. The summed E-state index contributed by atoms with van der Waals surface area (Å²) in [4.78, 5) is 2.06. The Kier molecular flexibility index (Phi) is 3.73. The summed E-state index contributed by atoms with van der Waals surface area (Å²) in [6.45, 7) is 0.805. The van der Waals surface area contributed by atoms with Gasteiger partial charge in [-0.25, -0.2) is 9.82 Å². The topological polar surface area (TPSA) is 53.3 Å². The van der Waals surface area contributed by atoms with E-state index < -0.39 is 0 Å². The molecule has 1 aromatic rings. The van der Waals surface area contributed by atoms with Crippen LogP contribution in [0, 0.1) is 5.82 Å². The predicted molar refractivity (Wildman–Crippen MR) is 65.7 cm³/mol. The van der Waals surface area contributed by atoms with Crippen molar-refractivity contribution in [3.63, 3.8) is 0 Å². The van der Waals surface area contributed by atoms with Crippen molar-refractivity contribution >= 4 is 0 Å². The predicted octanol–water partition coefficient (Wildman–Crippen LogP) is 0.232. The summed E-state index contributed by atoms with van der Waals surface area (Å²) in [5, 5.41) is 0. The van der Waals surface area contributed by atoms with E-state index in [1.807, 2.05) is 20.2 Å². The highest BCUT2D eigenvalue weighted by Gasteiger charge is 2.36. The molecule has 1 fully saturated rings. The monoisotopic (exact) mass is 238 g/mol. The molecule has 2 rings (SSSR count). The van der Waals surface area contributed by atoms with Crippen LogP contribution in [0.2, 0.25) is 0 Å². The molecule has 0 amide bonds. The molecular weight excluding hydrogens is 219 g/mol. The quantitative estimate of drug-likeness (QED) is 0.706. The Hall–Kier alpha value is -1.01. The van der Waals surface area contributed by atoms with Crippen LogP contribution in [0.1, 0.15) is 11.5 Å². The third-order valence-electron chi connectivity index (χ3n) is 3.08. The van der Waals surface area contributed by atoms with Crippen molar-refractivity contribution in [3.8, 4) is 0 Å². The molecule has 1 aliphatic heterocycles. The van der Waals surface area contributed by atoms with Crippen molar-refractivity contribution in [3.05, 3.63) is 35.6 Å². The van der Waals surface area contributed by atoms with Crippen molar-refractivity contribution < 1.29 is 4.39 Å². The molecule has 5 heteroatoms. The van der Waals surface area contributed by atoms with Gasteiger partial charge < -0.3 is 10.6 Å². The number of hydrogen-bond donors (Lipinski definition) is 3. The Labute approximate surface area is 101 Å². The third-order valence-corrected chi connectivity index (χ3v) is 3.08. The average Bonchev–Trinajstić information content (AvgIpc) is 2.60. The molecule has 3 unspecified atom stereocenters. The van der Waals surface area contributed by atoms with Crippen LogP contribution in [0.5, 0.6) is 0 Å². The van der Waals surface area contributed by atoms with Gasteiger partial charge in [-0.3, -0.25) is 5.43 Å². The zero-order valence-corrected chi connectivity index (χ0v) is 10.2. The summed E-state index contributed by atoms with van der Waals surface area (Å²) >= 11 is 0. The van der Waals surface area contributed by atoms with Crippen LogP contribution in [0.3, 0.4) is 0 Å². The van der Waals surface area contributed by atoms with Gasteiger partial charge in [0.25, 0.3) is 0 Å². The van der Waals surface area contributed by atoms with E-state index in [1.165, 1.54) is 6.07 Å². The molecule has 0 saturated carbocycles. The van der Waals surface area contributed by atoms with E-state index in [4.69, 9.17) is 5.73 Å². The SMILES string of the molecule is CN(C)CC1NNC(N)C1c1ccccc1F. The highest BCUT2D eigenvalue weighted by Crippen LogP contribution is 2.27. The summed E-state index contributed by atoms with van der Waals surface area (Å²) < 4.78 is 13.8. The van der Waals surface area contributed by atoms with Crippen LogP contribution in [0.4, 0.5) is 4.39 Å². The van der Waals surface area contributed by atoms with Gasteiger partial charge in [-0.2, -0.15) is 0 Å². The summed E-state index contributed by atoms with van der Waals surface area (Å²) in [6.07, 6.45) is -0.267. The lowest BCUT2D eigenvalue weighted by atomic mass is 9.90. The Morgan fingerprint density at radius 2 is 2.00 bits per heavy atom. The van der Waals surface area contributed by atoms with E-state index in [1.54, 1.807) is 12.1 Å². The molecular formula is C12H19FN4. The zero-order valence-electron chi connectivity index (χ0n) is 10.2. The molecule has 0 aliphatic carbocycles. The highest BCUT2D eigenvalue weighted by atomic mass is 19.1. The number of likely N-dealkylation sites (N-methyl/N-ethyl adjacent to an activating group) is 1. The first-order valence-electron chi connectivity index (χ1n) is 5.75. The maximum Gasteiger partial charge on any atom is 0.126 e. The second-order valence-electron chi connectivity index (χ2n) is 4.73. The largest absolute Gasteiger partial charge is 0.314 e. The third kappa shape index (κ3) is 2.63. The average molecular weight is 238 g/mol. The fourth-order valence-corrected chi connectivity index (χ4v) is 2.34. The maximum atomic E-state index is 13.8. The molecule has 0 spiro atoms. The zero-order chi connectivity index (χ0) is 12.4. The summed E-state index contributed by atoms with van der Waals surface area (Å²) in [5.74, 6) is -0.249. The number of nitrogens with two attached hydrogens (primary N) is 1. The molecule has 0 radical (unpaired) electrons. The minimum Gasteiger partial charge on any atom is -0.314 e. The first kappa shape index (κ1) is 12.4. The van der Waals surface area contributed by atoms with Crippen LogP contribution >= 0.6 is 0 Å². The molecule has 1 aromatic carbocycles. The van der Waals surface area contributed by atoms with Crippen molar-refractivity contribution in [2.75, 3.05) is 20.6 Å². The number of hydrogen-bond acceptors (Lipinski definition) is 4. The summed E-state index contributed by atoms with van der Waals surface area (Å²) in [7, 11) is 3.98. The second kappa shape index (κ2) is 5.10. The van der Waals surface area contributed by atoms with E-state index in [9.17, 15) is 4.39 Å². The lowest BCUT2D eigenvalue weighted by Gasteiger charge is -2.24. The smallest absolute Gasteiger partial charge is 0.126 e. The number of rotatable bonds is 3. The standard InChI is InChI=1S/C12H19FN4/c1-17(2)7-10-11(12(14)16-15-10)8-5-3-4-6-9(8)13/h3-6,10-12,15-16H,7,14H2,1-2H3. The summed E-state index contributed by atoms with van der Waals surface area (Å²) in [5.41, 5.74) is 12.8. The summed E-state index contributed by atoms with van der Waals surface area (Å²) in [6, 6.07) is 6.93. The Balaban J connectivity index is 2.24. The van der Waals surface area contributed by atoms with E-state index in [0.717, 1.165) is 6.54 Å². The molecule has 1 heterocycles. The molecule has 1 aliphatic rings. The van der Waals surface area contributed by atoms with Crippen LogP contribution in [0.15, 0.2) is 24.3 Å². The number of halogens is 1. The molecule has 17 heavy (non-hydrogen) atoms. The fraction of sp³-hybridized carbons (Fsp3) is 0.500. The van der Waals surface area contributed by atoms with Gasteiger partial charge in [0, 0.05) is 18.5 Å². The number of hydrazine groups is 1. The van der Waals surface area contributed by atoms with Crippen LogP contribution in [-0.2, 0) is 0 Å². The van der Waals surface area contributed by atoms with Gasteiger partial charge in [-0.05, 0) is 25.7 Å². The number of benzene rings is 1. The first-order chi connectivity index (χ1) is 8.09. The van der Waals surface area contributed by atoms with Gasteiger partial charge in [0.1, 0.15) is 5.82 Å². The second-order valence-corrected chi connectivity index (χ2v) is 4.73. The molecule has 94 valence electrons. The molecule has 0 bridgehead atoms. The number of nitrogens with zero attached hydrogens (tertiary/aromatic N) is 1. The van der Waals surface area contributed by atoms with E-state index in [-0.39, 0.29) is 23.9 Å². The van der Waals surface area contributed by atoms with Gasteiger partial charge in [-0.1, -0.05) is 18.2 Å². The molecule has 0 aromatic heterocycles. The van der Waals surface area contributed by atoms with E-state index in [0.29, 0.717) is 5.56 Å². The van der Waals surface area contributed by atoms with Gasteiger partial charge in [0.05, 0.1) is 6.17 Å². The minimum absolute atomic E-state index is 0.0569. The minimum atomic E-state index is -0.267. The van der Waals surface area contributed by atoms with Crippen molar-refractivity contribution in [1.29, 1.82) is 0 Å². The maximum absolute atomic E-state index is 13.8. The van der Waals surface area contributed by atoms with Gasteiger partial charge >= 0.3 is 0 Å². The van der Waals surface area contributed by atoms with Crippen LogP contribution in [0.25, 0.3) is 0 Å². The van der Waals surface area contributed by atoms with Crippen LogP contribution < -0.4 is 16.6 Å². The van der Waals surface area contributed by atoms with Crippen LogP contribution in [-0.4, -0.2) is 37.7 Å². The Morgan fingerprint density at radius 1 is 1.29 bits per heavy atom. The van der Waals surface area contributed by atoms with E-state index >= 15 is 0 Å². The van der Waals surface area contributed by atoms with E-state index in [2.05, 4.69) is 15.8 Å². The van der Waals surface area contributed by atoms with Gasteiger partial charge in [0.2, 0.25) is 0 Å².